The molecule has 8 heteroatoms. The highest BCUT2D eigenvalue weighted by atomic mass is 32.1. The number of amides is 2. The molecule has 0 saturated carbocycles. The zero-order chi connectivity index (χ0) is 16.8. The van der Waals surface area contributed by atoms with Gasteiger partial charge < -0.3 is 15.2 Å². The van der Waals surface area contributed by atoms with Gasteiger partial charge in [-0.25, -0.2) is 0 Å². The molecule has 1 aliphatic heterocycles. The van der Waals surface area contributed by atoms with Crippen LogP contribution < -0.4 is 10.6 Å². The predicted molar refractivity (Wildman–Crippen MR) is 90.9 cm³/mol. The Bertz CT molecular complexity index is 695. The van der Waals surface area contributed by atoms with E-state index in [4.69, 9.17) is 0 Å². The minimum absolute atomic E-state index is 0.0192. The Balaban J connectivity index is 1.41. The van der Waals surface area contributed by atoms with Crippen LogP contribution in [0.25, 0.3) is 0 Å². The molecule has 2 amide bonds. The van der Waals surface area contributed by atoms with Crippen molar-refractivity contribution in [1.82, 2.24) is 25.4 Å². The third-order valence-electron chi connectivity index (χ3n) is 4.01. The summed E-state index contributed by atoms with van der Waals surface area (Å²) >= 11 is 1.35. The molecule has 3 heterocycles. The number of thiophene rings is 1. The largest absolute Gasteiger partial charge is 0.354 e. The van der Waals surface area contributed by atoms with Gasteiger partial charge in [0.05, 0.1) is 11.4 Å². The van der Waals surface area contributed by atoms with Crippen LogP contribution in [-0.4, -0.2) is 39.7 Å². The third-order valence-corrected chi connectivity index (χ3v) is 4.88. The van der Waals surface area contributed by atoms with Crippen molar-refractivity contribution >= 4 is 23.2 Å². The minimum Gasteiger partial charge on any atom is -0.354 e. The van der Waals surface area contributed by atoms with Crippen LogP contribution in [0.15, 0.2) is 17.5 Å². The Morgan fingerprint density at radius 3 is 2.96 bits per heavy atom. The second-order valence-corrected chi connectivity index (χ2v) is 6.70. The molecule has 24 heavy (non-hydrogen) atoms. The lowest BCUT2D eigenvalue weighted by atomic mass is 10.2. The zero-order valence-corrected chi connectivity index (χ0v) is 14.3. The van der Waals surface area contributed by atoms with E-state index in [1.165, 1.54) is 24.2 Å². The van der Waals surface area contributed by atoms with Gasteiger partial charge in [0.1, 0.15) is 11.6 Å². The lowest BCUT2D eigenvalue weighted by molar-refractivity contribution is -0.120. The monoisotopic (exact) mass is 347 g/mol. The average molecular weight is 347 g/mol. The number of carbonyl (C=O) groups is 2. The zero-order valence-electron chi connectivity index (χ0n) is 13.5. The number of hydrogen-bond donors (Lipinski definition) is 2. The fraction of sp³-hybridized carbons (Fsp3) is 0.500. The highest BCUT2D eigenvalue weighted by molar-refractivity contribution is 7.12. The van der Waals surface area contributed by atoms with Crippen LogP contribution in [0.2, 0.25) is 0 Å². The van der Waals surface area contributed by atoms with Gasteiger partial charge in [-0.1, -0.05) is 12.5 Å². The summed E-state index contributed by atoms with van der Waals surface area (Å²) in [6.07, 6.45) is 5.17. The van der Waals surface area contributed by atoms with Crippen LogP contribution >= 0.6 is 11.3 Å². The van der Waals surface area contributed by atoms with E-state index in [0.717, 1.165) is 31.0 Å². The van der Waals surface area contributed by atoms with E-state index in [1.54, 1.807) is 12.1 Å². The minimum atomic E-state index is -0.220. The molecule has 3 rings (SSSR count). The average Bonchev–Trinajstić information content (AvgIpc) is 3.18. The van der Waals surface area contributed by atoms with Crippen LogP contribution in [0.3, 0.4) is 0 Å². The Morgan fingerprint density at radius 1 is 1.21 bits per heavy atom. The van der Waals surface area contributed by atoms with Crippen molar-refractivity contribution in [2.24, 2.45) is 0 Å². The van der Waals surface area contributed by atoms with Gasteiger partial charge in [-0.05, 0) is 24.3 Å². The van der Waals surface area contributed by atoms with Gasteiger partial charge in [0, 0.05) is 25.9 Å². The smallest absolute Gasteiger partial charge is 0.261 e. The second kappa shape index (κ2) is 8.05. The molecule has 0 aromatic carbocycles. The Kier molecular flexibility index (Phi) is 5.58. The summed E-state index contributed by atoms with van der Waals surface area (Å²) in [6.45, 7) is 1.43. The van der Waals surface area contributed by atoms with Gasteiger partial charge in [0.2, 0.25) is 5.91 Å². The number of aromatic nitrogens is 3. The number of nitrogens with one attached hydrogen (secondary N) is 2. The summed E-state index contributed by atoms with van der Waals surface area (Å²) in [5.74, 6) is 1.56. The van der Waals surface area contributed by atoms with Crippen LogP contribution in [0.5, 0.6) is 0 Å². The predicted octanol–water partition coefficient (Wildman–Crippen LogP) is 1.15. The van der Waals surface area contributed by atoms with Gasteiger partial charge in [0.25, 0.3) is 5.91 Å². The molecule has 0 radical (unpaired) electrons. The maximum absolute atomic E-state index is 11.8. The number of nitrogens with zero attached hydrogens (tertiary/aromatic N) is 3. The second-order valence-electron chi connectivity index (χ2n) is 5.75. The number of fused-ring (bicyclic) bond motifs is 1. The molecular formula is C16H21N5O2S. The molecule has 0 fully saturated rings. The van der Waals surface area contributed by atoms with Gasteiger partial charge in [-0.15, -0.1) is 21.5 Å². The van der Waals surface area contributed by atoms with Crippen molar-refractivity contribution in [3.05, 3.63) is 34.0 Å². The number of rotatable bonds is 6. The number of aryl methyl sites for hydroxylation is 1. The Morgan fingerprint density at radius 2 is 2.12 bits per heavy atom. The molecule has 0 unspecified atom stereocenters. The van der Waals surface area contributed by atoms with E-state index in [0.29, 0.717) is 17.8 Å². The molecule has 0 bridgehead atoms. The first-order valence-electron chi connectivity index (χ1n) is 8.23. The first kappa shape index (κ1) is 16.6. The first-order chi connectivity index (χ1) is 11.7. The first-order valence-corrected chi connectivity index (χ1v) is 9.11. The van der Waals surface area contributed by atoms with Gasteiger partial charge in [0.15, 0.2) is 0 Å². The molecule has 1 aliphatic rings. The number of hydrogen-bond acceptors (Lipinski definition) is 5. The lowest BCUT2D eigenvalue weighted by Crippen LogP contribution is -2.37. The fourth-order valence-corrected chi connectivity index (χ4v) is 3.40. The topological polar surface area (TPSA) is 88.9 Å². The SMILES string of the molecule is O=C(CNC(=O)c1cccs1)NCCc1nnc2n1CCCCC2. The van der Waals surface area contributed by atoms with Crippen LogP contribution in [-0.2, 0) is 24.2 Å². The van der Waals surface area contributed by atoms with Crippen LogP contribution in [0.4, 0.5) is 0 Å². The van der Waals surface area contributed by atoms with Gasteiger partial charge >= 0.3 is 0 Å². The summed E-state index contributed by atoms with van der Waals surface area (Å²) in [5.41, 5.74) is 0. The van der Waals surface area contributed by atoms with Crippen molar-refractivity contribution in [2.45, 2.75) is 38.6 Å². The highest BCUT2D eigenvalue weighted by Gasteiger charge is 2.14. The van der Waals surface area contributed by atoms with Crippen molar-refractivity contribution in [1.29, 1.82) is 0 Å². The molecule has 128 valence electrons. The Labute approximate surface area is 144 Å². The number of carbonyl (C=O) groups excluding carboxylic acids is 2. The molecule has 2 N–H and O–H groups in total. The Hall–Kier alpha value is -2.22. The van der Waals surface area contributed by atoms with Crippen molar-refractivity contribution < 1.29 is 9.59 Å². The van der Waals surface area contributed by atoms with Crippen molar-refractivity contribution in [3.8, 4) is 0 Å². The maximum atomic E-state index is 11.8. The maximum Gasteiger partial charge on any atom is 0.261 e. The molecule has 0 spiro atoms. The summed E-state index contributed by atoms with van der Waals surface area (Å²) in [4.78, 5) is 24.2. The van der Waals surface area contributed by atoms with Gasteiger partial charge in [-0.3, -0.25) is 9.59 Å². The van der Waals surface area contributed by atoms with Gasteiger partial charge in [-0.2, -0.15) is 0 Å². The quantitative estimate of drug-likeness (QED) is 0.820. The van der Waals surface area contributed by atoms with E-state index >= 15 is 0 Å². The normalized spacial score (nSPS) is 13.8. The third kappa shape index (κ3) is 4.19. The molecule has 0 aliphatic carbocycles. The highest BCUT2D eigenvalue weighted by Crippen LogP contribution is 2.14. The van der Waals surface area contributed by atoms with E-state index in [2.05, 4.69) is 25.4 Å². The van der Waals surface area contributed by atoms with Crippen LogP contribution in [0.1, 0.15) is 40.6 Å². The lowest BCUT2D eigenvalue weighted by Gasteiger charge is -2.08. The summed E-state index contributed by atoms with van der Waals surface area (Å²) in [6, 6.07) is 3.54. The van der Waals surface area contributed by atoms with E-state index < -0.39 is 0 Å². The van der Waals surface area contributed by atoms with E-state index in [9.17, 15) is 9.59 Å². The molecule has 0 atom stereocenters. The van der Waals surface area contributed by atoms with Crippen LogP contribution in [0, 0.1) is 0 Å². The summed E-state index contributed by atoms with van der Waals surface area (Å²) < 4.78 is 2.18. The summed E-state index contributed by atoms with van der Waals surface area (Å²) in [7, 11) is 0. The summed E-state index contributed by atoms with van der Waals surface area (Å²) in [5, 5.41) is 15.7. The molecule has 2 aromatic rings. The molecular weight excluding hydrogens is 326 g/mol. The fourth-order valence-electron chi connectivity index (χ4n) is 2.76. The van der Waals surface area contributed by atoms with E-state index in [1.807, 2.05) is 5.38 Å². The molecule has 2 aromatic heterocycles. The molecule has 7 nitrogen and oxygen atoms in total. The van der Waals surface area contributed by atoms with Crippen molar-refractivity contribution in [3.63, 3.8) is 0 Å². The van der Waals surface area contributed by atoms with Crippen molar-refractivity contribution in [2.75, 3.05) is 13.1 Å². The standard InChI is InChI=1S/C16H21N5O2S/c22-15(11-18-16(23)12-5-4-10-24-12)17-8-7-14-20-19-13-6-2-1-3-9-21(13)14/h4-5,10H,1-3,6-9,11H2,(H,17,22)(H,18,23). The van der Waals surface area contributed by atoms with E-state index in [-0.39, 0.29) is 18.4 Å². The molecule has 0 saturated heterocycles.